The van der Waals surface area contributed by atoms with Crippen LogP contribution in [0.2, 0.25) is 0 Å². The van der Waals surface area contributed by atoms with Gasteiger partial charge in [-0.1, -0.05) is 64.2 Å². The van der Waals surface area contributed by atoms with Crippen molar-refractivity contribution in [3.8, 4) is 0 Å². The standard InChI is InChI=1S/C14H28O2/c1-3-4-5-6-7-8-9-10-11-12-13-14(15)16-2/h3-13H2,1-2H3/i1D3,3D2,4D2,5D2,6D2,7D2,8D2,9D2,10D2,11D2,12D2,13D2. The average Bonchev–Trinajstić information content (AvgIpc) is 2.75. The minimum atomic E-state index is -4.87. The van der Waals surface area contributed by atoms with Crippen LogP contribution in [0, 0.1) is 0 Å². The third kappa shape index (κ3) is 11.5. The largest absolute Gasteiger partial charge is 0.469 e. The van der Waals surface area contributed by atoms with Crippen molar-refractivity contribution in [3.63, 3.8) is 0 Å². The van der Waals surface area contributed by atoms with Crippen molar-refractivity contribution < 1.29 is 43.8 Å². The van der Waals surface area contributed by atoms with Gasteiger partial charge >= 0.3 is 5.97 Å². The van der Waals surface area contributed by atoms with Gasteiger partial charge in [-0.3, -0.25) is 4.79 Å². The van der Waals surface area contributed by atoms with E-state index in [1.807, 2.05) is 0 Å². The first-order valence-corrected chi connectivity index (χ1v) is 3.82. The summed E-state index contributed by atoms with van der Waals surface area (Å²) in [6, 6.07) is 0. The summed E-state index contributed by atoms with van der Waals surface area (Å²) in [5.74, 6) is -2.11. The first-order valence-electron chi connectivity index (χ1n) is 16.3. The average molecular weight is 254 g/mol. The molecule has 0 aliphatic heterocycles. The zero-order valence-electron chi connectivity index (χ0n) is 33.3. The summed E-state index contributed by atoms with van der Waals surface area (Å²) >= 11 is 0. The number of carbonyl (C=O) groups is 1. The lowest BCUT2D eigenvalue weighted by atomic mass is 10.1. The maximum absolute atomic E-state index is 11.8. The van der Waals surface area contributed by atoms with Crippen molar-refractivity contribution in [3.05, 3.63) is 0 Å². The predicted octanol–water partition coefficient (Wildman–Crippen LogP) is 4.47. The van der Waals surface area contributed by atoms with Crippen LogP contribution in [0.3, 0.4) is 0 Å². The Morgan fingerprint density at radius 1 is 1.00 bits per heavy atom. The van der Waals surface area contributed by atoms with Crippen LogP contribution in [0.15, 0.2) is 0 Å². The Morgan fingerprint density at radius 3 is 2.00 bits per heavy atom. The molecule has 0 bridgehead atoms. The summed E-state index contributed by atoms with van der Waals surface area (Å²) in [6.45, 7) is -4.02. The number of rotatable bonds is 11. The zero-order valence-corrected chi connectivity index (χ0v) is 8.32. The van der Waals surface area contributed by atoms with Crippen LogP contribution in [-0.2, 0) is 9.53 Å². The summed E-state index contributed by atoms with van der Waals surface area (Å²) in [4.78, 5) is 11.8. The van der Waals surface area contributed by atoms with E-state index in [0.29, 0.717) is 7.11 Å². The Bertz CT molecular complexity index is 987. The molecule has 0 N–H and O–H groups in total. The Morgan fingerprint density at radius 2 is 1.50 bits per heavy atom. The highest BCUT2D eigenvalue weighted by atomic mass is 16.5. The molecule has 0 amide bonds. The molecule has 0 unspecified atom stereocenters. The second-order valence-corrected chi connectivity index (χ2v) is 1.87. The molecule has 0 aromatic carbocycles. The minimum Gasteiger partial charge on any atom is -0.469 e. The van der Waals surface area contributed by atoms with Gasteiger partial charge in [0.2, 0.25) is 0 Å². The maximum Gasteiger partial charge on any atom is 0.305 e. The van der Waals surface area contributed by atoms with E-state index in [0.717, 1.165) is 0 Å². The molecule has 0 fully saturated rings. The van der Waals surface area contributed by atoms with Crippen LogP contribution in [0.4, 0.5) is 0 Å². The van der Waals surface area contributed by atoms with Gasteiger partial charge in [-0.25, -0.2) is 0 Å². The molecule has 16 heavy (non-hydrogen) atoms. The van der Waals surface area contributed by atoms with E-state index in [2.05, 4.69) is 4.74 Å². The van der Waals surface area contributed by atoms with Crippen molar-refractivity contribution in [2.75, 3.05) is 7.11 Å². The lowest BCUT2D eigenvalue weighted by Gasteiger charge is -2.01. The highest BCUT2D eigenvalue weighted by Gasteiger charge is 1.98. The molecule has 0 radical (unpaired) electrons. The SMILES string of the molecule is [2H]C([2H])([2H])C([2H])([2H])C([2H])([2H])C([2H])([2H])C([2H])([2H])C([2H])([2H])C([2H])([2H])C([2H])([2H])C([2H])([2H])C([2H])([2H])C([2H])([2H])C([2H])([2H])C(=O)OC. The second-order valence-electron chi connectivity index (χ2n) is 1.87. The summed E-state index contributed by atoms with van der Waals surface area (Å²) in [5, 5.41) is 0. The number of hydrogen-bond donors (Lipinski definition) is 0. The van der Waals surface area contributed by atoms with Crippen LogP contribution in [0.1, 0.15) is 111 Å². The van der Waals surface area contributed by atoms with E-state index in [1.165, 1.54) is 0 Å². The van der Waals surface area contributed by atoms with Crippen molar-refractivity contribution in [1.82, 2.24) is 0 Å². The smallest absolute Gasteiger partial charge is 0.305 e. The molecule has 2 nitrogen and oxygen atoms in total. The van der Waals surface area contributed by atoms with Gasteiger partial charge in [0.15, 0.2) is 0 Å². The molecular weight excluding hydrogens is 200 g/mol. The van der Waals surface area contributed by atoms with Crippen molar-refractivity contribution in [2.45, 2.75) is 77.0 Å². The molecule has 0 aliphatic carbocycles. The van der Waals surface area contributed by atoms with Gasteiger partial charge < -0.3 is 4.74 Å². The van der Waals surface area contributed by atoms with Gasteiger partial charge in [-0.2, -0.15) is 0 Å². The molecule has 96 valence electrons. The number of esters is 1. The quantitative estimate of drug-likeness (QED) is 0.508. The van der Waals surface area contributed by atoms with Crippen LogP contribution < -0.4 is 0 Å². The summed E-state index contributed by atoms with van der Waals surface area (Å²) < 4.78 is 199. The molecule has 0 aliphatic rings. The first-order chi connectivity index (χ1) is 17.2. The number of carbonyl (C=O) groups excluding carboxylic acids is 1. The first kappa shape index (κ1) is 2.08. The van der Waals surface area contributed by atoms with Gasteiger partial charge in [0.05, 0.1) is 7.11 Å². The molecule has 0 saturated carbocycles. The fourth-order valence-electron chi connectivity index (χ4n) is 0.383. The monoisotopic (exact) mass is 253 g/mol. The number of methoxy groups -OCH3 is 1. The second kappa shape index (κ2) is 12.5. The van der Waals surface area contributed by atoms with E-state index in [1.54, 1.807) is 0 Å². The lowest BCUT2D eigenvalue weighted by Crippen LogP contribution is -1.99. The Hall–Kier alpha value is -0.530. The van der Waals surface area contributed by atoms with E-state index < -0.39 is 82.9 Å². The predicted molar refractivity (Wildman–Crippen MR) is 68.5 cm³/mol. The molecule has 2 heteroatoms. The van der Waals surface area contributed by atoms with Gasteiger partial charge in [0.25, 0.3) is 0 Å². The van der Waals surface area contributed by atoms with E-state index in [4.69, 9.17) is 34.3 Å². The van der Waals surface area contributed by atoms with E-state index in [9.17, 15) is 4.79 Å². The van der Waals surface area contributed by atoms with Gasteiger partial charge in [0, 0.05) is 40.6 Å². The van der Waals surface area contributed by atoms with Crippen LogP contribution in [0.5, 0.6) is 0 Å². The minimum absolute atomic E-state index is 0.538. The Balaban J connectivity index is 7.38. The summed E-state index contributed by atoms with van der Waals surface area (Å²) in [7, 11) is 0.538. The van der Waals surface area contributed by atoms with Gasteiger partial charge in [-0.15, -0.1) is 0 Å². The van der Waals surface area contributed by atoms with E-state index >= 15 is 0 Å². The van der Waals surface area contributed by atoms with Gasteiger partial charge in [-0.05, 0) is 6.37 Å². The van der Waals surface area contributed by atoms with Gasteiger partial charge in [0.1, 0.15) is 0 Å². The highest BCUT2D eigenvalue weighted by molar-refractivity contribution is 5.68. The van der Waals surface area contributed by atoms with Crippen molar-refractivity contribution in [2.24, 2.45) is 0 Å². The summed E-state index contributed by atoms with van der Waals surface area (Å²) in [6.07, 6.45) is -50.8. The highest BCUT2D eigenvalue weighted by Crippen LogP contribution is 2.11. The topological polar surface area (TPSA) is 26.3 Å². The van der Waals surface area contributed by atoms with Crippen molar-refractivity contribution in [1.29, 1.82) is 0 Å². The molecule has 0 saturated heterocycles. The Labute approximate surface area is 136 Å². The third-order valence-corrected chi connectivity index (χ3v) is 0.912. The number of hydrogen-bond acceptors (Lipinski definition) is 2. The maximum atomic E-state index is 11.8. The third-order valence-electron chi connectivity index (χ3n) is 0.912. The van der Waals surface area contributed by atoms with E-state index in [-0.39, 0.29) is 0 Å². The number of ether oxygens (including phenoxy) is 1. The zero-order chi connectivity index (χ0) is 34.3. The molecule has 0 rings (SSSR count). The van der Waals surface area contributed by atoms with Crippen LogP contribution in [-0.4, -0.2) is 13.1 Å². The normalized spacial score (nSPS) is 44.2. The molecule has 0 aromatic rings. The molecule has 0 heterocycles. The molecule has 0 atom stereocenters. The fourth-order valence-corrected chi connectivity index (χ4v) is 0.383. The molecule has 0 spiro atoms. The van der Waals surface area contributed by atoms with Crippen LogP contribution >= 0.6 is 0 Å². The van der Waals surface area contributed by atoms with Crippen LogP contribution in [0.25, 0.3) is 0 Å². The molecular formula is C14H28O2. The lowest BCUT2D eigenvalue weighted by molar-refractivity contribution is -0.140. The summed E-state index contributed by atoms with van der Waals surface area (Å²) in [5.41, 5.74) is 0. The molecule has 0 aromatic heterocycles. The van der Waals surface area contributed by atoms with Crippen molar-refractivity contribution >= 4 is 5.97 Å². The fraction of sp³-hybridized carbons (Fsp3) is 0.929. The Kier molecular flexibility index (Phi) is 1.63.